The highest BCUT2D eigenvalue weighted by atomic mass is 35.5. The summed E-state index contributed by atoms with van der Waals surface area (Å²) in [6.45, 7) is 0. The number of nitrogens with zero attached hydrogens (tertiary/aromatic N) is 2. The molecule has 0 bridgehead atoms. The van der Waals surface area contributed by atoms with Crippen LogP contribution in [0.2, 0.25) is 5.02 Å². The van der Waals surface area contributed by atoms with E-state index in [1.165, 1.54) is 0 Å². The lowest BCUT2D eigenvalue weighted by atomic mass is 10.2. The van der Waals surface area contributed by atoms with Gasteiger partial charge in [-0.3, -0.25) is 0 Å². The Hall–Kier alpha value is -1.79. The molecule has 0 unspecified atom stereocenters. The summed E-state index contributed by atoms with van der Waals surface area (Å²) in [4.78, 5) is 0. The Bertz CT molecular complexity index is 526. The number of halogens is 2. The van der Waals surface area contributed by atoms with Crippen LogP contribution in [0, 0.1) is 17.1 Å². The minimum Gasteiger partial charge on any atom is -0.322 e. The van der Waals surface area contributed by atoms with Crippen LogP contribution in [0.5, 0.6) is 0 Å². The highest BCUT2D eigenvalue weighted by molar-refractivity contribution is 6.30. The number of aromatic nitrogens is 1. The van der Waals surface area contributed by atoms with Gasteiger partial charge in [-0.1, -0.05) is 11.6 Å². The Labute approximate surface area is 91.1 Å². The van der Waals surface area contributed by atoms with E-state index in [0.717, 1.165) is 6.07 Å². The van der Waals surface area contributed by atoms with Crippen molar-refractivity contribution < 1.29 is 4.39 Å². The molecular weight excluding hydrogens is 215 g/mol. The molecule has 0 radical (unpaired) electrons. The molecule has 1 aromatic heterocycles. The van der Waals surface area contributed by atoms with Crippen LogP contribution in [0.25, 0.3) is 5.69 Å². The molecule has 0 saturated carbocycles. The first-order valence-electron chi connectivity index (χ1n) is 4.25. The zero-order valence-electron chi connectivity index (χ0n) is 7.61. The van der Waals surface area contributed by atoms with Crippen molar-refractivity contribution in [3.8, 4) is 11.8 Å². The normalized spacial score (nSPS) is 9.93. The molecule has 0 aliphatic carbocycles. The van der Waals surface area contributed by atoms with E-state index in [-0.39, 0.29) is 10.6 Å². The van der Waals surface area contributed by atoms with Crippen LogP contribution >= 0.6 is 11.6 Å². The number of rotatable bonds is 1. The Morgan fingerprint density at radius 2 is 1.93 bits per heavy atom. The van der Waals surface area contributed by atoms with E-state index in [4.69, 9.17) is 16.9 Å². The lowest BCUT2D eigenvalue weighted by molar-refractivity contribution is 0.622. The summed E-state index contributed by atoms with van der Waals surface area (Å²) in [5.41, 5.74) is 0.447. The largest absolute Gasteiger partial charge is 0.322 e. The van der Waals surface area contributed by atoms with E-state index in [1.807, 2.05) is 6.07 Å². The van der Waals surface area contributed by atoms with Crippen molar-refractivity contribution in [2.24, 2.45) is 0 Å². The van der Waals surface area contributed by atoms with E-state index in [0.29, 0.717) is 5.69 Å². The first-order chi connectivity index (χ1) is 7.22. The van der Waals surface area contributed by atoms with Gasteiger partial charge in [-0.15, -0.1) is 0 Å². The number of benzene rings is 1. The van der Waals surface area contributed by atoms with Gasteiger partial charge >= 0.3 is 0 Å². The van der Waals surface area contributed by atoms with Gasteiger partial charge in [0.05, 0.1) is 5.69 Å². The maximum Gasteiger partial charge on any atom is 0.144 e. The third-order valence-electron chi connectivity index (χ3n) is 2.03. The Balaban J connectivity index is 2.71. The predicted octanol–water partition coefficient (Wildman–Crippen LogP) is 3.14. The van der Waals surface area contributed by atoms with E-state index in [1.54, 1.807) is 35.2 Å². The summed E-state index contributed by atoms with van der Waals surface area (Å²) in [5, 5.41) is 9.12. The molecule has 2 aromatic rings. The Morgan fingerprint density at radius 3 is 2.53 bits per heavy atom. The van der Waals surface area contributed by atoms with Gasteiger partial charge in [-0.25, -0.2) is 4.39 Å². The molecule has 1 aromatic carbocycles. The summed E-state index contributed by atoms with van der Waals surface area (Å²) in [6.07, 6.45) is 3.46. The second-order valence-electron chi connectivity index (χ2n) is 2.98. The van der Waals surface area contributed by atoms with Gasteiger partial charge in [0.2, 0.25) is 0 Å². The van der Waals surface area contributed by atoms with Crippen LogP contribution in [-0.4, -0.2) is 4.57 Å². The van der Waals surface area contributed by atoms with E-state index in [9.17, 15) is 4.39 Å². The third-order valence-corrected chi connectivity index (χ3v) is 2.25. The monoisotopic (exact) mass is 220 g/mol. The van der Waals surface area contributed by atoms with E-state index >= 15 is 0 Å². The maximum absolute atomic E-state index is 13.4. The maximum atomic E-state index is 13.4. The smallest absolute Gasteiger partial charge is 0.144 e. The fraction of sp³-hybridized carbons (Fsp3) is 0. The lowest BCUT2D eigenvalue weighted by Gasteiger charge is -2.06. The van der Waals surface area contributed by atoms with Crippen molar-refractivity contribution >= 4 is 11.6 Å². The van der Waals surface area contributed by atoms with Gasteiger partial charge in [0, 0.05) is 17.4 Å². The Kier molecular flexibility index (Phi) is 2.44. The molecule has 1 heterocycles. The molecule has 4 heteroatoms. The molecule has 0 fully saturated rings. The van der Waals surface area contributed by atoms with Crippen molar-refractivity contribution in [2.75, 3.05) is 0 Å². The quantitative estimate of drug-likeness (QED) is 0.726. The van der Waals surface area contributed by atoms with Crippen molar-refractivity contribution in [3.05, 3.63) is 53.1 Å². The fourth-order valence-corrected chi connectivity index (χ4v) is 1.57. The second kappa shape index (κ2) is 3.76. The minimum atomic E-state index is -0.603. The van der Waals surface area contributed by atoms with Crippen LogP contribution in [0.1, 0.15) is 5.56 Å². The van der Waals surface area contributed by atoms with Gasteiger partial charge in [0.15, 0.2) is 0 Å². The summed E-state index contributed by atoms with van der Waals surface area (Å²) in [5.74, 6) is -0.603. The summed E-state index contributed by atoms with van der Waals surface area (Å²) in [6, 6.07) is 8.10. The molecule has 0 aliphatic rings. The number of hydrogen-bond acceptors (Lipinski definition) is 1. The lowest BCUT2D eigenvalue weighted by Crippen LogP contribution is -1.97. The zero-order valence-corrected chi connectivity index (χ0v) is 8.37. The number of nitriles is 1. The third kappa shape index (κ3) is 1.72. The van der Waals surface area contributed by atoms with Crippen LogP contribution < -0.4 is 0 Å². The molecule has 0 amide bonds. The molecule has 15 heavy (non-hydrogen) atoms. The van der Waals surface area contributed by atoms with Gasteiger partial charge in [-0.2, -0.15) is 5.26 Å². The van der Waals surface area contributed by atoms with Crippen molar-refractivity contribution in [1.82, 2.24) is 4.57 Å². The van der Waals surface area contributed by atoms with E-state index < -0.39 is 5.82 Å². The van der Waals surface area contributed by atoms with Crippen molar-refractivity contribution in [3.63, 3.8) is 0 Å². The fourth-order valence-electron chi connectivity index (χ4n) is 1.37. The number of hydrogen-bond donors (Lipinski definition) is 0. The molecular formula is C11H6ClFN2. The SMILES string of the molecule is N#Cc1c(F)cc(Cl)cc1-n1cccc1. The Morgan fingerprint density at radius 1 is 1.27 bits per heavy atom. The van der Waals surface area contributed by atoms with Crippen molar-refractivity contribution in [2.45, 2.75) is 0 Å². The minimum absolute atomic E-state index is 0.00407. The molecule has 0 atom stereocenters. The summed E-state index contributed by atoms with van der Waals surface area (Å²) in [7, 11) is 0. The molecule has 0 saturated heterocycles. The molecule has 74 valence electrons. The average Bonchev–Trinajstić information content (AvgIpc) is 2.69. The van der Waals surface area contributed by atoms with Crippen LogP contribution in [-0.2, 0) is 0 Å². The molecule has 0 N–H and O–H groups in total. The molecule has 2 nitrogen and oxygen atoms in total. The molecule has 0 aliphatic heterocycles. The predicted molar refractivity (Wildman–Crippen MR) is 55.5 cm³/mol. The zero-order chi connectivity index (χ0) is 10.8. The van der Waals surface area contributed by atoms with Crippen LogP contribution in [0.4, 0.5) is 4.39 Å². The van der Waals surface area contributed by atoms with Crippen LogP contribution in [0.3, 0.4) is 0 Å². The topological polar surface area (TPSA) is 28.7 Å². The summed E-state index contributed by atoms with van der Waals surface area (Å²) < 4.78 is 15.0. The highest BCUT2D eigenvalue weighted by Crippen LogP contribution is 2.22. The first kappa shape index (κ1) is 9.75. The summed E-state index contributed by atoms with van der Waals surface area (Å²) >= 11 is 5.73. The standard InChI is InChI=1S/C11H6ClFN2/c12-8-5-10(13)9(7-14)11(6-8)15-3-1-2-4-15/h1-6H. The molecule has 0 spiro atoms. The van der Waals surface area contributed by atoms with Gasteiger partial charge in [-0.05, 0) is 24.3 Å². The highest BCUT2D eigenvalue weighted by Gasteiger charge is 2.10. The van der Waals surface area contributed by atoms with Gasteiger partial charge in [0.1, 0.15) is 17.4 Å². The molecule has 2 rings (SSSR count). The second-order valence-corrected chi connectivity index (χ2v) is 3.42. The average molecular weight is 221 g/mol. The van der Waals surface area contributed by atoms with Crippen molar-refractivity contribution in [1.29, 1.82) is 5.26 Å². The van der Waals surface area contributed by atoms with Gasteiger partial charge in [0.25, 0.3) is 0 Å². The van der Waals surface area contributed by atoms with Gasteiger partial charge < -0.3 is 4.57 Å². The first-order valence-corrected chi connectivity index (χ1v) is 4.62. The van der Waals surface area contributed by atoms with Crippen LogP contribution in [0.15, 0.2) is 36.7 Å². The van der Waals surface area contributed by atoms with E-state index in [2.05, 4.69) is 0 Å².